The first-order valence-electron chi connectivity index (χ1n) is 9.76. The molecule has 7 nitrogen and oxygen atoms in total. The molecule has 174 valence electrons. The molecule has 1 aromatic heterocycles. The fourth-order valence-electron chi connectivity index (χ4n) is 2.94. The van der Waals surface area contributed by atoms with E-state index >= 15 is 0 Å². The molecule has 3 aromatic rings. The van der Waals surface area contributed by atoms with Gasteiger partial charge in [-0.1, -0.05) is 50.9 Å². The van der Waals surface area contributed by atoms with Crippen LogP contribution < -0.4 is 10.6 Å². The molecular formula is C21H19BrCl2FN5O2S. The summed E-state index contributed by atoms with van der Waals surface area (Å²) in [4.78, 5) is 24.9. The second-order valence-electron chi connectivity index (χ2n) is 6.87. The van der Waals surface area contributed by atoms with E-state index in [1.807, 2.05) is 6.92 Å². The third kappa shape index (κ3) is 6.47. The molecule has 0 radical (unpaired) electrons. The molecule has 0 fully saturated rings. The van der Waals surface area contributed by atoms with Crippen molar-refractivity contribution in [2.24, 2.45) is 0 Å². The number of carbonyl (C=O) groups is 2. The van der Waals surface area contributed by atoms with Crippen molar-refractivity contribution in [3.63, 3.8) is 0 Å². The van der Waals surface area contributed by atoms with Crippen molar-refractivity contribution in [2.45, 2.75) is 31.6 Å². The van der Waals surface area contributed by atoms with Crippen LogP contribution in [0, 0.1) is 5.82 Å². The van der Waals surface area contributed by atoms with Gasteiger partial charge < -0.3 is 15.2 Å². The molecule has 33 heavy (non-hydrogen) atoms. The number of rotatable bonds is 8. The third-order valence-corrected chi connectivity index (χ3v) is 6.52. The Balaban J connectivity index is 1.65. The predicted octanol–water partition coefficient (Wildman–Crippen LogP) is 5.73. The number of thioether (sulfide) groups is 1. The van der Waals surface area contributed by atoms with Crippen molar-refractivity contribution in [3.05, 3.63) is 68.1 Å². The molecule has 3 rings (SSSR count). The molecule has 0 saturated heterocycles. The van der Waals surface area contributed by atoms with Crippen LogP contribution in [-0.2, 0) is 11.3 Å². The van der Waals surface area contributed by atoms with Crippen LogP contribution in [0.3, 0.4) is 0 Å². The standard InChI is InChI=1S/C21H19BrCl2FN5O2S/c1-3-30-19(11(2)26-20(32)14-6-5-13(23)9-15(14)24)28-29-21(30)33-10-18(31)27-17-7-4-12(22)8-16(17)25/h4-9,11H,3,10H2,1-2H3,(H,26,32)(H,27,31). The topological polar surface area (TPSA) is 88.9 Å². The van der Waals surface area contributed by atoms with Gasteiger partial charge in [0.2, 0.25) is 5.91 Å². The lowest BCUT2D eigenvalue weighted by atomic mass is 10.2. The van der Waals surface area contributed by atoms with Crippen LogP contribution in [0.15, 0.2) is 46.0 Å². The third-order valence-electron chi connectivity index (χ3n) is 4.51. The Hall–Kier alpha value is -2.14. The lowest BCUT2D eigenvalue weighted by molar-refractivity contribution is -0.113. The van der Waals surface area contributed by atoms with Crippen molar-refractivity contribution in [1.82, 2.24) is 20.1 Å². The minimum atomic E-state index is -0.535. The number of benzene rings is 2. The van der Waals surface area contributed by atoms with E-state index in [1.54, 1.807) is 29.7 Å². The van der Waals surface area contributed by atoms with Crippen molar-refractivity contribution in [3.8, 4) is 0 Å². The van der Waals surface area contributed by atoms with Crippen LogP contribution in [0.2, 0.25) is 10.0 Å². The van der Waals surface area contributed by atoms with E-state index in [1.165, 1.54) is 18.2 Å². The zero-order valence-electron chi connectivity index (χ0n) is 17.5. The number of anilines is 1. The molecule has 0 aliphatic rings. The summed E-state index contributed by atoms with van der Waals surface area (Å²) in [6, 6.07) is 8.54. The van der Waals surface area contributed by atoms with Crippen LogP contribution in [0.25, 0.3) is 0 Å². The van der Waals surface area contributed by atoms with Gasteiger partial charge in [-0.15, -0.1) is 10.2 Å². The minimum absolute atomic E-state index is 0.00869. The zero-order chi connectivity index (χ0) is 24.1. The van der Waals surface area contributed by atoms with Gasteiger partial charge in [-0.25, -0.2) is 4.39 Å². The van der Waals surface area contributed by atoms with Gasteiger partial charge in [0, 0.05) is 16.0 Å². The number of amides is 2. The number of carbonyl (C=O) groups excluding carboxylic acids is 2. The first-order chi connectivity index (χ1) is 15.7. The second kappa shape index (κ2) is 11.3. The minimum Gasteiger partial charge on any atom is -0.342 e. The summed E-state index contributed by atoms with van der Waals surface area (Å²) in [6.07, 6.45) is 0. The maximum absolute atomic E-state index is 13.9. The number of nitrogens with one attached hydrogen (secondary N) is 2. The molecule has 1 heterocycles. The summed E-state index contributed by atoms with van der Waals surface area (Å²) < 4.78 is 16.3. The summed E-state index contributed by atoms with van der Waals surface area (Å²) in [5.74, 6) is -0.758. The van der Waals surface area contributed by atoms with Crippen molar-refractivity contribution >= 4 is 68.4 Å². The first kappa shape index (κ1) is 25.5. The van der Waals surface area contributed by atoms with Crippen molar-refractivity contribution < 1.29 is 14.0 Å². The van der Waals surface area contributed by atoms with Gasteiger partial charge in [0.15, 0.2) is 11.0 Å². The molecule has 2 amide bonds. The van der Waals surface area contributed by atoms with E-state index in [4.69, 9.17) is 23.2 Å². The fraction of sp³-hybridized carbons (Fsp3) is 0.238. The number of halogens is 4. The predicted molar refractivity (Wildman–Crippen MR) is 131 cm³/mol. The van der Waals surface area contributed by atoms with Crippen LogP contribution in [0.1, 0.15) is 36.1 Å². The Morgan fingerprint density at radius 2 is 1.97 bits per heavy atom. The summed E-state index contributed by atoms with van der Waals surface area (Å²) in [6.45, 7) is 4.20. The van der Waals surface area contributed by atoms with Crippen molar-refractivity contribution in [1.29, 1.82) is 0 Å². The average molecular weight is 575 g/mol. The quantitative estimate of drug-likeness (QED) is 0.335. The van der Waals surface area contributed by atoms with Gasteiger partial charge >= 0.3 is 0 Å². The molecule has 0 aliphatic heterocycles. The van der Waals surface area contributed by atoms with Gasteiger partial charge in [0.25, 0.3) is 5.91 Å². The summed E-state index contributed by atoms with van der Waals surface area (Å²) in [5.41, 5.74) is 0.389. The van der Waals surface area contributed by atoms with E-state index in [0.717, 1.165) is 11.8 Å². The molecule has 2 N–H and O–H groups in total. The highest BCUT2D eigenvalue weighted by molar-refractivity contribution is 9.10. The first-order valence-corrected chi connectivity index (χ1v) is 12.3. The zero-order valence-corrected chi connectivity index (χ0v) is 21.4. The number of hydrogen-bond donors (Lipinski definition) is 2. The van der Waals surface area contributed by atoms with Crippen LogP contribution in [0.4, 0.5) is 10.1 Å². The Morgan fingerprint density at radius 1 is 1.21 bits per heavy atom. The van der Waals surface area contributed by atoms with E-state index in [9.17, 15) is 14.0 Å². The monoisotopic (exact) mass is 573 g/mol. The summed E-state index contributed by atoms with van der Waals surface area (Å²) in [7, 11) is 0. The van der Waals surface area contributed by atoms with E-state index in [-0.39, 0.29) is 28.3 Å². The Kier molecular flexibility index (Phi) is 8.75. The summed E-state index contributed by atoms with van der Waals surface area (Å²) in [5, 5.41) is 14.9. The van der Waals surface area contributed by atoms with Gasteiger partial charge in [-0.3, -0.25) is 9.59 Å². The molecule has 0 bridgehead atoms. The highest BCUT2D eigenvalue weighted by Gasteiger charge is 2.21. The highest BCUT2D eigenvalue weighted by Crippen LogP contribution is 2.24. The average Bonchev–Trinajstić information content (AvgIpc) is 3.17. The van der Waals surface area contributed by atoms with Gasteiger partial charge in [-0.05, 0) is 50.2 Å². The summed E-state index contributed by atoms with van der Waals surface area (Å²) >= 11 is 16.3. The Morgan fingerprint density at radius 3 is 2.64 bits per heavy atom. The Labute approximate surface area is 212 Å². The van der Waals surface area contributed by atoms with Gasteiger partial charge in [0.05, 0.1) is 28.1 Å². The molecule has 2 aromatic carbocycles. The molecule has 1 atom stereocenters. The van der Waals surface area contributed by atoms with E-state index in [2.05, 4.69) is 36.8 Å². The van der Waals surface area contributed by atoms with Crippen molar-refractivity contribution in [2.75, 3.05) is 11.1 Å². The molecule has 0 spiro atoms. The van der Waals surface area contributed by atoms with E-state index in [0.29, 0.717) is 32.6 Å². The highest BCUT2D eigenvalue weighted by atomic mass is 79.9. The maximum atomic E-state index is 13.9. The largest absolute Gasteiger partial charge is 0.342 e. The lowest BCUT2D eigenvalue weighted by Crippen LogP contribution is -2.29. The van der Waals surface area contributed by atoms with Crippen LogP contribution in [-0.4, -0.2) is 32.3 Å². The number of hydrogen-bond acceptors (Lipinski definition) is 5. The van der Waals surface area contributed by atoms with Gasteiger partial charge in [-0.2, -0.15) is 0 Å². The fourth-order valence-corrected chi connectivity index (χ4v) is 4.58. The SMILES string of the molecule is CCn1c(SCC(=O)Nc2ccc(Br)cc2F)nnc1C(C)NC(=O)c1ccc(Cl)cc1Cl. The second-order valence-corrected chi connectivity index (χ2v) is 9.57. The maximum Gasteiger partial charge on any atom is 0.253 e. The van der Waals surface area contributed by atoms with Gasteiger partial charge in [0.1, 0.15) is 5.82 Å². The normalized spacial score (nSPS) is 11.8. The van der Waals surface area contributed by atoms with Crippen LogP contribution in [0.5, 0.6) is 0 Å². The molecule has 12 heteroatoms. The Bertz CT molecular complexity index is 1190. The lowest BCUT2D eigenvalue weighted by Gasteiger charge is -2.15. The molecule has 0 aliphatic carbocycles. The molecule has 0 saturated carbocycles. The smallest absolute Gasteiger partial charge is 0.253 e. The number of aromatic nitrogens is 3. The van der Waals surface area contributed by atoms with E-state index < -0.39 is 11.9 Å². The van der Waals surface area contributed by atoms with Crippen LogP contribution >= 0.6 is 50.9 Å². The number of nitrogens with zero attached hydrogens (tertiary/aromatic N) is 3. The molecular weight excluding hydrogens is 556 g/mol. The molecule has 1 unspecified atom stereocenters.